The number of nitrogens with one attached hydrogen (secondary N) is 2. The van der Waals surface area contributed by atoms with E-state index in [4.69, 9.17) is 4.98 Å². The second kappa shape index (κ2) is 7.30. The Morgan fingerprint density at radius 2 is 1.97 bits per heavy atom. The van der Waals surface area contributed by atoms with Crippen LogP contribution in [0, 0.1) is 11.3 Å². The molecule has 4 aromatic heterocycles. The summed E-state index contributed by atoms with van der Waals surface area (Å²) in [5.41, 5.74) is 4.52. The van der Waals surface area contributed by atoms with Crippen LogP contribution in [-0.2, 0) is 0 Å². The van der Waals surface area contributed by atoms with Gasteiger partial charge in [-0.05, 0) is 30.3 Å². The Hall–Kier alpha value is -3.83. The maximum Gasteiger partial charge on any atom is 0.130 e. The van der Waals surface area contributed by atoms with Crippen molar-refractivity contribution in [2.24, 2.45) is 0 Å². The minimum absolute atomic E-state index is 0.571. The summed E-state index contributed by atoms with van der Waals surface area (Å²) in [6.45, 7) is 3.52. The maximum atomic E-state index is 9.53. The molecule has 8 heteroatoms. The van der Waals surface area contributed by atoms with Gasteiger partial charge < -0.3 is 10.2 Å². The molecule has 1 fully saturated rings. The molecular formula is C21H18N8. The molecule has 0 atom stereocenters. The quantitative estimate of drug-likeness (QED) is 0.560. The minimum atomic E-state index is 0.571. The summed E-state index contributed by atoms with van der Waals surface area (Å²) in [4.78, 5) is 15.7. The summed E-state index contributed by atoms with van der Waals surface area (Å²) in [5.74, 6) is 0.804. The van der Waals surface area contributed by atoms with Gasteiger partial charge in [-0.1, -0.05) is 0 Å². The molecule has 4 aromatic rings. The molecule has 0 bridgehead atoms. The fourth-order valence-corrected chi connectivity index (χ4v) is 3.54. The van der Waals surface area contributed by atoms with Gasteiger partial charge in [-0.15, -0.1) is 0 Å². The Labute approximate surface area is 167 Å². The number of H-pyrrole nitrogens is 1. The SMILES string of the molecule is N#Cc1cc(-c2n[nH]c3cnc(-c4cccnc4)cc23)nc(N2CCNCC2)c1. The number of hydrogen-bond acceptors (Lipinski definition) is 7. The number of aromatic amines is 1. The first-order valence-electron chi connectivity index (χ1n) is 9.44. The summed E-state index contributed by atoms with van der Waals surface area (Å²) in [6, 6.07) is 11.7. The van der Waals surface area contributed by atoms with Gasteiger partial charge in [0.15, 0.2) is 0 Å². The number of anilines is 1. The van der Waals surface area contributed by atoms with E-state index in [1.807, 2.05) is 24.3 Å². The van der Waals surface area contributed by atoms with E-state index in [-0.39, 0.29) is 0 Å². The zero-order chi connectivity index (χ0) is 19.6. The second-order valence-electron chi connectivity index (χ2n) is 6.88. The van der Waals surface area contributed by atoms with E-state index < -0.39 is 0 Å². The number of fused-ring (bicyclic) bond motifs is 1. The minimum Gasteiger partial charge on any atom is -0.354 e. The van der Waals surface area contributed by atoms with Crippen LogP contribution in [0.5, 0.6) is 0 Å². The van der Waals surface area contributed by atoms with Gasteiger partial charge in [-0.3, -0.25) is 15.1 Å². The molecule has 5 heterocycles. The lowest BCUT2D eigenvalue weighted by atomic mass is 10.1. The van der Waals surface area contributed by atoms with E-state index in [0.29, 0.717) is 17.0 Å². The van der Waals surface area contributed by atoms with Crippen molar-refractivity contribution in [3.63, 3.8) is 0 Å². The number of piperazine rings is 1. The van der Waals surface area contributed by atoms with Crippen molar-refractivity contribution in [2.75, 3.05) is 31.1 Å². The number of aromatic nitrogens is 5. The molecule has 8 nitrogen and oxygen atoms in total. The third-order valence-electron chi connectivity index (χ3n) is 5.03. The lowest BCUT2D eigenvalue weighted by Crippen LogP contribution is -2.43. The molecule has 1 saturated heterocycles. The van der Waals surface area contributed by atoms with Crippen molar-refractivity contribution in [3.05, 3.63) is 54.5 Å². The van der Waals surface area contributed by atoms with E-state index in [1.165, 1.54) is 0 Å². The maximum absolute atomic E-state index is 9.53. The van der Waals surface area contributed by atoms with E-state index in [0.717, 1.165) is 54.2 Å². The summed E-state index contributed by atoms with van der Waals surface area (Å²) >= 11 is 0. The molecule has 0 radical (unpaired) electrons. The molecule has 2 N–H and O–H groups in total. The summed E-state index contributed by atoms with van der Waals surface area (Å²) in [7, 11) is 0. The van der Waals surface area contributed by atoms with Crippen LogP contribution >= 0.6 is 0 Å². The molecule has 0 spiro atoms. The summed E-state index contributed by atoms with van der Waals surface area (Å²) in [5, 5.41) is 21.3. The van der Waals surface area contributed by atoms with Crippen molar-refractivity contribution < 1.29 is 0 Å². The molecule has 1 aliphatic heterocycles. The summed E-state index contributed by atoms with van der Waals surface area (Å²) < 4.78 is 0. The average molecular weight is 382 g/mol. The average Bonchev–Trinajstić information content (AvgIpc) is 3.23. The number of nitriles is 1. The first kappa shape index (κ1) is 17.3. The van der Waals surface area contributed by atoms with Crippen LogP contribution in [-0.4, -0.2) is 51.3 Å². The number of pyridine rings is 3. The highest BCUT2D eigenvalue weighted by atomic mass is 15.2. The number of hydrogen-bond donors (Lipinski definition) is 2. The van der Waals surface area contributed by atoms with E-state index in [2.05, 4.69) is 36.5 Å². The van der Waals surface area contributed by atoms with Crippen molar-refractivity contribution >= 4 is 16.7 Å². The monoisotopic (exact) mass is 382 g/mol. The van der Waals surface area contributed by atoms with Crippen LogP contribution in [0.1, 0.15) is 5.56 Å². The zero-order valence-corrected chi connectivity index (χ0v) is 15.6. The fraction of sp³-hybridized carbons (Fsp3) is 0.190. The normalized spacial score (nSPS) is 14.1. The fourth-order valence-electron chi connectivity index (χ4n) is 3.54. The van der Waals surface area contributed by atoms with Crippen LogP contribution in [0.25, 0.3) is 33.5 Å². The smallest absolute Gasteiger partial charge is 0.130 e. The van der Waals surface area contributed by atoms with Gasteiger partial charge in [0.25, 0.3) is 0 Å². The van der Waals surface area contributed by atoms with E-state index >= 15 is 0 Å². The predicted octanol–water partition coefficient (Wildman–Crippen LogP) is 2.36. The Morgan fingerprint density at radius 1 is 1.07 bits per heavy atom. The summed E-state index contributed by atoms with van der Waals surface area (Å²) in [6.07, 6.45) is 5.28. The molecule has 0 aromatic carbocycles. The predicted molar refractivity (Wildman–Crippen MR) is 110 cm³/mol. The molecule has 0 unspecified atom stereocenters. The number of rotatable bonds is 3. The van der Waals surface area contributed by atoms with Gasteiger partial charge in [-0.2, -0.15) is 10.4 Å². The van der Waals surface area contributed by atoms with Crippen molar-refractivity contribution in [1.29, 1.82) is 5.26 Å². The van der Waals surface area contributed by atoms with Gasteiger partial charge in [0, 0.05) is 49.5 Å². The van der Waals surface area contributed by atoms with Crippen molar-refractivity contribution in [2.45, 2.75) is 0 Å². The van der Waals surface area contributed by atoms with Gasteiger partial charge in [0.1, 0.15) is 11.5 Å². The lowest BCUT2D eigenvalue weighted by molar-refractivity contribution is 0.585. The third-order valence-corrected chi connectivity index (χ3v) is 5.03. The van der Waals surface area contributed by atoms with Crippen LogP contribution in [0.4, 0.5) is 5.82 Å². The van der Waals surface area contributed by atoms with Crippen LogP contribution in [0.2, 0.25) is 0 Å². The highest BCUT2D eigenvalue weighted by Gasteiger charge is 2.17. The van der Waals surface area contributed by atoms with Crippen LogP contribution in [0.15, 0.2) is 48.9 Å². The molecule has 0 saturated carbocycles. The first-order chi connectivity index (χ1) is 14.3. The number of nitrogens with zero attached hydrogens (tertiary/aromatic N) is 6. The highest BCUT2D eigenvalue weighted by Crippen LogP contribution is 2.30. The Balaban J connectivity index is 1.62. The second-order valence-corrected chi connectivity index (χ2v) is 6.88. The Bertz CT molecular complexity index is 1200. The first-order valence-corrected chi connectivity index (χ1v) is 9.44. The Kier molecular flexibility index (Phi) is 4.35. The van der Waals surface area contributed by atoms with Crippen molar-refractivity contribution in [1.82, 2.24) is 30.5 Å². The van der Waals surface area contributed by atoms with Gasteiger partial charge in [0.05, 0.1) is 34.7 Å². The van der Waals surface area contributed by atoms with Gasteiger partial charge >= 0.3 is 0 Å². The molecule has 0 aliphatic carbocycles. The molecular weight excluding hydrogens is 364 g/mol. The lowest BCUT2D eigenvalue weighted by Gasteiger charge is -2.28. The molecule has 5 rings (SSSR count). The van der Waals surface area contributed by atoms with Gasteiger partial charge in [-0.25, -0.2) is 4.98 Å². The molecule has 142 valence electrons. The molecule has 0 amide bonds. The van der Waals surface area contributed by atoms with Gasteiger partial charge in [0.2, 0.25) is 0 Å². The topological polar surface area (TPSA) is 106 Å². The molecule has 29 heavy (non-hydrogen) atoms. The Morgan fingerprint density at radius 3 is 2.76 bits per heavy atom. The third kappa shape index (κ3) is 3.28. The van der Waals surface area contributed by atoms with E-state index in [1.54, 1.807) is 24.7 Å². The highest BCUT2D eigenvalue weighted by molar-refractivity contribution is 5.94. The van der Waals surface area contributed by atoms with Crippen molar-refractivity contribution in [3.8, 4) is 28.7 Å². The van der Waals surface area contributed by atoms with Crippen LogP contribution < -0.4 is 10.2 Å². The van der Waals surface area contributed by atoms with E-state index in [9.17, 15) is 5.26 Å². The largest absolute Gasteiger partial charge is 0.354 e. The van der Waals surface area contributed by atoms with Crippen LogP contribution in [0.3, 0.4) is 0 Å². The zero-order valence-electron chi connectivity index (χ0n) is 15.6. The molecule has 1 aliphatic rings. The standard InChI is InChI=1S/C21H18N8/c22-11-14-8-18(26-20(9-14)29-6-4-23-5-7-29)21-16-10-17(15-2-1-3-24-12-15)25-13-19(16)27-28-21/h1-3,8-10,12-13,23H,4-7H2,(H,27,28).